The summed E-state index contributed by atoms with van der Waals surface area (Å²) >= 11 is 5.63. The zero-order chi connectivity index (χ0) is 11.6. The van der Waals surface area contributed by atoms with Gasteiger partial charge in [0, 0.05) is 12.4 Å². The van der Waals surface area contributed by atoms with E-state index in [9.17, 15) is 0 Å². The van der Waals surface area contributed by atoms with Gasteiger partial charge in [-0.1, -0.05) is 39.0 Å². The normalized spacial score (nSPS) is 10.6. The van der Waals surface area contributed by atoms with E-state index in [2.05, 4.69) is 16.9 Å². The molecule has 1 aromatic heterocycles. The number of alkyl halides is 1. The van der Waals surface area contributed by atoms with Crippen LogP contribution in [-0.2, 0) is 12.3 Å². The van der Waals surface area contributed by atoms with Gasteiger partial charge < -0.3 is 0 Å². The highest BCUT2D eigenvalue weighted by Crippen LogP contribution is 2.09. The minimum absolute atomic E-state index is 0.400. The van der Waals surface area contributed by atoms with Crippen molar-refractivity contribution in [1.82, 2.24) is 9.97 Å². The smallest absolute Gasteiger partial charge is 0.142 e. The van der Waals surface area contributed by atoms with E-state index in [1.54, 1.807) is 0 Å². The first-order valence-corrected chi connectivity index (χ1v) is 6.76. The second-order valence-corrected chi connectivity index (χ2v) is 4.43. The van der Waals surface area contributed by atoms with Gasteiger partial charge >= 0.3 is 0 Å². The zero-order valence-corrected chi connectivity index (χ0v) is 10.8. The van der Waals surface area contributed by atoms with Crippen LogP contribution in [0.1, 0.15) is 56.8 Å². The van der Waals surface area contributed by atoms with E-state index < -0.39 is 0 Å². The van der Waals surface area contributed by atoms with Gasteiger partial charge in [-0.25, -0.2) is 9.97 Å². The molecule has 3 heteroatoms. The second-order valence-electron chi connectivity index (χ2n) is 4.16. The number of aromatic nitrogens is 2. The molecule has 0 bridgehead atoms. The number of hydrogen-bond donors (Lipinski definition) is 0. The van der Waals surface area contributed by atoms with E-state index in [4.69, 9.17) is 11.6 Å². The summed E-state index contributed by atoms with van der Waals surface area (Å²) in [4.78, 5) is 8.36. The van der Waals surface area contributed by atoms with Gasteiger partial charge in [-0.3, -0.25) is 0 Å². The van der Waals surface area contributed by atoms with E-state index in [1.165, 1.54) is 44.1 Å². The lowest BCUT2D eigenvalue weighted by Gasteiger charge is -2.01. The maximum Gasteiger partial charge on any atom is 0.142 e. The molecular formula is C13H21ClN2. The van der Waals surface area contributed by atoms with Crippen LogP contribution in [0.3, 0.4) is 0 Å². The summed E-state index contributed by atoms with van der Waals surface area (Å²) < 4.78 is 0. The Bertz CT molecular complexity index is 272. The Labute approximate surface area is 103 Å². The van der Waals surface area contributed by atoms with Crippen LogP contribution in [-0.4, -0.2) is 9.97 Å². The third-order valence-electron chi connectivity index (χ3n) is 2.70. The molecule has 0 N–H and O–H groups in total. The Kier molecular flexibility index (Phi) is 7.15. The van der Waals surface area contributed by atoms with E-state index in [-0.39, 0.29) is 0 Å². The van der Waals surface area contributed by atoms with Crippen molar-refractivity contribution in [3.05, 3.63) is 23.8 Å². The van der Waals surface area contributed by atoms with Gasteiger partial charge in [-0.05, 0) is 18.4 Å². The van der Waals surface area contributed by atoms with Crippen molar-refractivity contribution in [2.24, 2.45) is 0 Å². The molecule has 1 heterocycles. The van der Waals surface area contributed by atoms with Gasteiger partial charge in [0.2, 0.25) is 0 Å². The van der Waals surface area contributed by atoms with Crippen molar-refractivity contribution in [3.63, 3.8) is 0 Å². The minimum Gasteiger partial charge on any atom is -0.240 e. The fourth-order valence-electron chi connectivity index (χ4n) is 1.69. The van der Waals surface area contributed by atoms with Crippen molar-refractivity contribution in [1.29, 1.82) is 0 Å². The molecule has 1 aromatic rings. The molecule has 1 rings (SSSR count). The van der Waals surface area contributed by atoms with Gasteiger partial charge in [-0.15, -0.1) is 11.6 Å². The number of nitrogens with zero attached hydrogens (tertiary/aromatic N) is 2. The number of rotatable bonds is 8. The van der Waals surface area contributed by atoms with Crippen LogP contribution >= 0.6 is 11.6 Å². The van der Waals surface area contributed by atoms with Crippen LogP contribution in [0, 0.1) is 0 Å². The molecule has 0 saturated heterocycles. The molecule has 2 nitrogen and oxygen atoms in total. The van der Waals surface area contributed by atoms with Crippen LogP contribution in [0.2, 0.25) is 0 Å². The molecule has 0 aliphatic carbocycles. The van der Waals surface area contributed by atoms with Crippen LogP contribution < -0.4 is 0 Å². The largest absolute Gasteiger partial charge is 0.240 e. The SMILES string of the molecule is CCCCCCCCc1cnc(CCl)nc1. The predicted molar refractivity (Wildman–Crippen MR) is 68.7 cm³/mol. The molecular weight excluding hydrogens is 220 g/mol. The Balaban J connectivity index is 2.12. The number of aryl methyl sites for hydroxylation is 1. The molecule has 16 heavy (non-hydrogen) atoms. The maximum absolute atomic E-state index is 5.63. The summed E-state index contributed by atoms with van der Waals surface area (Å²) in [6.45, 7) is 2.25. The van der Waals surface area contributed by atoms with E-state index >= 15 is 0 Å². The highest BCUT2D eigenvalue weighted by molar-refractivity contribution is 6.16. The van der Waals surface area contributed by atoms with Crippen LogP contribution in [0.5, 0.6) is 0 Å². The summed E-state index contributed by atoms with van der Waals surface area (Å²) in [7, 11) is 0. The monoisotopic (exact) mass is 240 g/mol. The topological polar surface area (TPSA) is 25.8 Å². The molecule has 0 aliphatic heterocycles. The first-order valence-electron chi connectivity index (χ1n) is 6.22. The van der Waals surface area contributed by atoms with Gasteiger partial charge in [0.1, 0.15) is 5.82 Å². The summed E-state index contributed by atoms with van der Waals surface area (Å²) in [5, 5.41) is 0. The molecule has 0 aliphatic rings. The lowest BCUT2D eigenvalue weighted by atomic mass is 10.1. The second kappa shape index (κ2) is 8.51. The fraction of sp³-hybridized carbons (Fsp3) is 0.692. The summed E-state index contributed by atoms with van der Waals surface area (Å²) in [5.41, 5.74) is 1.23. The van der Waals surface area contributed by atoms with Crippen molar-refractivity contribution in [3.8, 4) is 0 Å². The minimum atomic E-state index is 0.400. The van der Waals surface area contributed by atoms with Crippen LogP contribution in [0.25, 0.3) is 0 Å². The molecule has 0 fully saturated rings. The molecule has 0 saturated carbocycles. The molecule has 90 valence electrons. The quantitative estimate of drug-likeness (QED) is 0.505. The molecule has 0 amide bonds. The average molecular weight is 241 g/mol. The number of halogens is 1. The van der Waals surface area contributed by atoms with Crippen molar-refractivity contribution in [2.75, 3.05) is 0 Å². The first kappa shape index (κ1) is 13.4. The third kappa shape index (κ3) is 5.45. The summed E-state index contributed by atoms with van der Waals surface area (Å²) in [6.07, 6.45) is 12.9. The van der Waals surface area contributed by atoms with Crippen molar-refractivity contribution in [2.45, 2.75) is 57.7 Å². The lowest BCUT2D eigenvalue weighted by molar-refractivity contribution is 0.606. The van der Waals surface area contributed by atoms with Gasteiger partial charge in [0.15, 0.2) is 0 Å². The molecule has 0 aromatic carbocycles. The van der Waals surface area contributed by atoms with Crippen molar-refractivity contribution < 1.29 is 0 Å². The molecule has 0 radical (unpaired) electrons. The van der Waals surface area contributed by atoms with Crippen molar-refractivity contribution >= 4 is 11.6 Å². The Hall–Kier alpha value is -0.630. The molecule has 0 atom stereocenters. The van der Waals surface area contributed by atoms with E-state index in [1.807, 2.05) is 12.4 Å². The van der Waals surface area contributed by atoms with E-state index in [0.717, 1.165) is 6.42 Å². The van der Waals surface area contributed by atoms with Gasteiger partial charge in [0.05, 0.1) is 5.88 Å². The average Bonchev–Trinajstić information content (AvgIpc) is 2.34. The Morgan fingerprint density at radius 3 is 2.25 bits per heavy atom. The first-order chi connectivity index (χ1) is 7.86. The van der Waals surface area contributed by atoms with E-state index in [0.29, 0.717) is 11.7 Å². The van der Waals surface area contributed by atoms with Crippen LogP contribution in [0.4, 0.5) is 0 Å². The Morgan fingerprint density at radius 2 is 1.62 bits per heavy atom. The molecule has 0 spiro atoms. The lowest BCUT2D eigenvalue weighted by Crippen LogP contribution is -1.94. The highest BCUT2D eigenvalue weighted by atomic mass is 35.5. The molecule has 0 unspecified atom stereocenters. The number of hydrogen-bond acceptors (Lipinski definition) is 2. The maximum atomic E-state index is 5.63. The van der Waals surface area contributed by atoms with Gasteiger partial charge in [0.25, 0.3) is 0 Å². The number of unbranched alkanes of at least 4 members (excludes halogenated alkanes) is 5. The summed E-state index contributed by atoms with van der Waals surface area (Å²) in [5.74, 6) is 1.12. The predicted octanol–water partition coefficient (Wildman–Crippen LogP) is 4.12. The Morgan fingerprint density at radius 1 is 1.00 bits per heavy atom. The zero-order valence-electron chi connectivity index (χ0n) is 10.1. The highest BCUT2D eigenvalue weighted by Gasteiger charge is 1.97. The standard InChI is InChI=1S/C13H21ClN2/c1-2-3-4-5-6-7-8-12-10-15-13(9-14)16-11-12/h10-11H,2-9H2,1H3. The van der Waals surface area contributed by atoms with Gasteiger partial charge in [-0.2, -0.15) is 0 Å². The third-order valence-corrected chi connectivity index (χ3v) is 2.94. The summed E-state index contributed by atoms with van der Waals surface area (Å²) in [6, 6.07) is 0. The van der Waals surface area contributed by atoms with Crippen LogP contribution in [0.15, 0.2) is 12.4 Å². The fourth-order valence-corrected chi connectivity index (χ4v) is 1.83.